The van der Waals surface area contributed by atoms with E-state index in [1.54, 1.807) is 0 Å². The van der Waals surface area contributed by atoms with Crippen molar-refractivity contribution >= 4 is 17.3 Å². The quantitative estimate of drug-likeness (QED) is 0.928. The molecule has 0 unspecified atom stereocenters. The van der Waals surface area contributed by atoms with Gasteiger partial charge in [-0.2, -0.15) is 0 Å². The molecule has 3 nitrogen and oxygen atoms in total. The molecule has 1 aromatic carbocycles. The Morgan fingerprint density at radius 2 is 1.81 bits per heavy atom. The Morgan fingerprint density at radius 3 is 2.38 bits per heavy atom. The molecule has 1 heterocycles. The normalized spacial score (nSPS) is 22.7. The summed E-state index contributed by atoms with van der Waals surface area (Å²) in [6.07, 6.45) is 5.61. The Hall–Kier alpha value is -0.770. The van der Waals surface area contributed by atoms with Gasteiger partial charge < -0.3 is 10.6 Å². The first-order chi connectivity index (χ1) is 10.1. The molecule has 21 heavy (non-hydrogen) atoms. The van der Waals surface area contributed by atoms with Crippen molar-refractivity contribution in [2.24, 2.45) is 5.73 Å². The lowest BCUT2D eigenvalue weighted by Crippen LogP contribution is -2.49. The third kappa shape index (κ3) is 3.36. The van der Waals surface area contributed by atoms with Crippen molar-refractivity contribution in [1.29, 1.82) is 0 Å². The minimum Gasteiger partial charge on any atom is -0.368 e. The molecule has 3 rings (SSSR count). The second kappa shape index (κ2) is 6.55. The zero-order valence-electron chi connectivity index (χ0n) is 12.9. The molecule has 2 N–H and O–H groups in total. The molecule has 116 valence electrons. The number of nitrogens with two attached hydrogens (primary N) is 1. The highest BCUT2D eigenvalue weighted by atomic mass is 35.5. The van der Waals surface area contributed by atoms with Crippen molar-refractivity contribution in [2.45, 2.75) is 44.7 Å². The van der Waals surface area contributed by atoms with Crippen LogP contribution in [0.4, 0.5) is 5.69 Å². The molecule has 2 aliphatic rings. The highest BCUT2D eigenvalue weighted by molar-refractivity contribution is 6.33. The molecule has 1 aromatic rings. The van der Waals surface area contributed by atoms with Gasteiger partial charge in [0.1, 0.15) is 0 Å². The van der Waals surface area contributed by atoms with Crippen molar-refractivity contribution in [2.75, 3.05) is 31.1 Å². The Labute approximate surface area is 133 Å². The van der Waals surface area contributed by atoms with E-state index in [9.17, 15) is 0 Å². The highest BCUT2D eigenvalue weighted by Crippen LogP contribution is 2.30. The molecule has 0 bridgehead atoms. The van der Waals surface area contributed by atoms with Crippen molar-refractivity contribution in [3.8, 4) is 0 Å². The van der Waals surface area contributed by atoms with Gasteiger partial charge in [-0.15, -0.1) is 0 Å². The van der Waals surface area contributed by atoms with E-state index in [0.29, 0.717) is 0 Å². The number of nitrogens with zero attached hydrogens (tertiary/aromatic N) is 2. The van der Waals surface area contributed by atoms with Crippen LogP contribution in [0.25, 0.3) is 0 Å². The SMILES string of the molecule is C[C@H](N)c1ccc(N2CCN(C3CCCC3)CC2)c(Cl)c1. The standard InChI is InChI=1S/C17H26ClN3/c1-13(19)14-6-7-17(16(18)12-14)21-10-8-20(9-11-21)15-4-2-3-5-15/h6-7,12-13,15H,2-5,8-11,19H2,1H3/t13-/m0/s1. The van der Waals surface area contributed by atoms with Crippen molar-refractivity contribution in [3.63, 3.8) is 0 Å². The third-order valence-corrected chi connectivity index (χ3v) is 5.30. The monoisotopic (exact) mass is 307 g/mol. The molecule has 4 heteroatoms. The van der Waals surface area contributed by atoms with Crippen LogP contribution in [-0.2, 0) is 0 Å². The number of hydrogen-bond donors (Lipinski definition) is 1. The lowest BCUT2D eigenvalue weighted by atomic mass is 10.1. The molecule has 1 atom stereocenters. The summed E-state index contributed by atoms with van der Waals surface area (Å²) < 4.78 is 0. The van der Waals surface area contributed by atoms with Gasteiger partial charge in [-0.05, 0) is 37.5 Å². The molecular formula is C17H26ClN3. The average Bonchev–Trinajstić information content (AvgIpc) is 3.01. The zero-order chi connectivity index (χ0) is 14.8. The van der Waals surface area contributed by atoms with Crippen molar-refractivity contribution in [3.05, 3.63) is 28.8 Å². The third-order valence-electron chi connectivity index (χ3n) is 4.99. The van der Waals surface area contributed by atoms with Gasteiger partial charge in [0.15, 0.2) is 0 Å². The van der Waals surface area contributed by atoms with Gasteiger partial charge in [0.05, 0.1) is 10.7 Å². The largest absolute Gasteiger partial charge is 0.368 e. The maximum atomic E-state index is 6.46. The molecule has 1 aliphatic heterocycles. The van der Waals surface area contributed by atoms with Crippen LogP contribution in [0.15, 0.2) is 18.2 Å². The van der Waals surface area contributed by atoms with Crippen LogP contribution in [0.3, 0.4) is 0 Å². The number of piperazine rings is 1. The van der Waals surface area contributed by atoms with Crippen molar-refractivity contribution in [1.82, 2.24) is 4.90 Å². The van der Waals surface area contributed by atoms with Gasteiger partial charge in [0.25, 0.3) is 0 Å². The van der Waals surface area contributed by atoms with E-state index in [-0.39, 0.29) is 6.04 Å². The smallest absolute Gasteiger partial charge is 0.0642 e. The molecule has 0 radical (unpaired) electrons. The van der Waals surface area contributed by atoms with E-state index in [1.807, 2.05) is 13.0 Å². The van der Waals surface area contributed by atoms with E-state index in [4.69, 9.17) is 17.3 Å². The fourth-order valence-corrected chi connectivity index (χ4v) is 3.97. The summed E-state index contributed by atoms with van der Waals surface area (Å²) in [7, 11) is 0. The lowest BCUT2D eigenvalue weighted by Gasteiger charge is -2.39. The van der Waals surface area contributed by atoms with Crippen LogP contribution in [0.2, 0.25) is 5.02 Å². The Morgan fingerprint density at radius 1 is 1.14 bits per heavy atom. The van der Waals surface area contributed by atoms with Crippen LogP contribution in [0.5, 0.6) is 0 Å². The fraction of sp³-hybridized carbons (Fsp3) is 0.647. The summed E-state index contributed by atoms with van der Waals surface area (Å²) in [5.74, 6) is 0. The number of anilines is 1. The second-order valence-electron chi connectivity index (χ2n) is 6.46. The molecule has 1 aliphatic carbocycles. The van der Waals surface area contributed by atoms with E-state index in [2.05, 4.69) is 21.9 Å². The molecule has 2 fully saturated rings. The first-order valence-corrected chi connectivity index (χ1v) is 8.57. The topological polar surface area (TPSA) is 32.5 Å². The Balaban J connectivity index is 1.63. The summed E-state index contributed by atoms with van der Waals surface area (Å²) >= 11 is 6.46. The minimum atomic E-state index is 0.0377. The Bertz CT molecular complexity index is 475. The van der Waals surface area contributed by atoms with E-state index in [0.717, 1.165) is 48.5 Å². The predicted molar refractivity (Wildman–Crippen MR) is 90.1 cm³/mol. The average molecular weight is 308 g/mol. The summed E-state index contributed by atoms with van der Waals surface area (Å²) in [6, 6.07) is 7.13. The van der Waals surface area contributed by atoms with E-state index >= 15 is 0 Å². The van der Waals surface area contributed by atoms with Crippen LogP contribution < -0.4 is 10.6 Å². The van der Waals surface area contributed by atoms with Gasteiger partial charge in [-0.3, -0.25) is 4.90 Å². The summed E-state index contributed by atoms with van der Waals surface area (Å²) in [6.45, 7) is 6.47. The molecule has 0 spiro atoms. The molecule has 0 aromatic heterocycles. The maximum Gasteiger partial charge on any atom is 0.0642 e. The first kappa shape index (κ1) is 15.1. The van der Waals surface area contributed by atoms with Gasteiger partial charge in [-0.25, -0.2) is 0 Å². The van der Waals surface area contributed by atoms with Crippen LogP contribution in [0.1, 0.15) is 44.2 Å². The minimum absolute atomic E-state index is 0.0377. The van der Waals surface area contributed by atoms with Crippen LogP contribution in [0, 0.1) is 0 Å². The zero-order valence-corrected chi connectivity index (χ0v) is 13.6. The first-order valence-electron chi connectivity index (χ1n) is 8.19. The molecular weight excluding hydrogens is 282 g/mol. The van der Waals surface area contributed by atoms with E-state index < -0.39 is 0 Å². The fourth-order valence-electron chi connectivity index (χ4n) is 3.66. The van der Waals surface area contributed by atoms with Gasteiger partial charge in [-0.1, -0.05) is 30.5 Å². The summed E-state index contributed by atoms with van der Waals surface area (Å²) in [5.41, 5.74) is 8.18. The number of hydrogen-bond acceptors (Lipinski definition) is 3. The number of rotatable bonds is 3. The second-order valence-corrected chi connectivity index (χ2v) is 6.87. The number of benzene rings is 1. The Kier molecular flexibility index (Phi) is 4.72. The van der Waals surface area contributed by atoms with Crippen LogP contribution >= 0.6 is 11.6 Å². The van der Waals surface area contributed by atoms with Gasteiger partial charge >= 0.3 is 0 Å². The molecule has 1 saturated carbocycles. The predicted octanol–water partition coefficient (Wildman–Crippen LogP) is 3.42. The summed E-state index contributed by atoms with van der Waals surface area (Å²) in [4.78, 5) is 5.09. The lowest BCUT2D eigenvalue weighted by molar-refractivity contribution is 0.187. The maximum absolute atomic E-state index is 6.46. The highest BCUT2D eigenvalue weighted by Gasteiger charge is 2.26. The van der Waals surface area contributed by atoms with Gasteiger partial charge in [0, 0.05) is 38.3 Å². The van der Waals surface area contributed by atoms with Crippen LogP contribution in [-0.4, -0.2) is 37.1 Å². The summed E-state index contributed by atoms with van der Waals surface area (Å²) in [5, 5.41) is 0.833. The molecule has 0 amide bonds. The van der Waals surface area contributed by atoms with Gasteiger partial charge in [0.2, 0.25) is 0 Å². The number of halogens is 1. The molecule has 1 saturated heterocycles. The van der Waals surface area contributed by atoms with Crippen molar-refractivity contribution < 1.29 is 0 Å². The van der Waals surface area contributed by atoms with E-state index in [1.165, 1.54) is 25.7 Å².